The molecule has 2 aliphatic rings. The molecule has 1 unspecified atom stereocenters. The second kappa shape index (κ2) is 6.62. The summed E-state index contributed by atoms with van der Waals surface area (Å²) in [6, 6.07) is 0.304. The fourth-order valence-corrected chi connectivity index (χ4v) is 3.38. The molecule has 4 N–H and O–H groups in total. The fraction of sp³-hybridized carbons (Fsp3) is 0.857. The van der Waals surface area contributed by atoms with Crippen molar-refractivity contribution in [2.75, 3.05) is 40.3 Å². The van der Waals surface area contributed by atoms with Crippen molar-refractivity contribution in [1.82, 2.24) is 15.1 Å². The van der Waals surface area contributed by atoms with E-state index in [0.717, 1.165) is 32.5 Å². The summed E-state index contributed by atoms with van der Waals surface area (Å²) in [5.74, 6) is -0.0523. The molecule has 7 heteroatoms. The van der Waals surface area contributed by atoms with Gasteiger partial charge in [-0.1, -0.05) is 18.0 Å². The van der Waals surface area contributed by atoms with Crippen LogP contribution in [0, 0.1) is 5.41 Å². The monoisotopic (exact) mass is 297 g/mol. The van der Waals surface area contributed by atoms with Gasteiger partial charge in [0, 0.05) is 32.2 Å². The zero-order valence-corrected chi connectivity index (χ0v) is 13.0. The van der Waals surface area contributed by atoms with E-state index in [0.29, 0.717) is 25.4 Å². The molecule has 0 aromatic heterocycles. The second-order valence-electron chi connectivity index (χ2n) is 6.38. The largest absolute Gasteiger partial charge is 0.409 e. The Morgan fingerprint density at radius 3 is 2.67 bits per heavy atom. The first-order chi connectivity index (χ1) is 9.99. The summed E-state index contributed by atoms with van der Waals surface area (Å²) in [6.45, 7) is 3.59. The van der Waals surface area contributed by atoms with Crippen LogP contribution in [-0.2, 0) is 4.79 Å². The average molecular weight is 297 g/mol. The van der Waals surface area contributed by atoms with E-state index in [1.165, 1.54) is 0 Å². The van der Waals surface area contributed by atoms with E-state index in [-0.39, 0.29) is 11.7 Å². The van der Waals surface area contributed by atoms with Crippen molar-refractivity contribution in [3.05, 3.63) is 0 Å². The van der Waals surface area contributed by atoms with Crippen LogP contribution in [0.5, 0.6) is 0 Å². The van der Waals surface area contributed by atoms with Crippen molar-refractivity contribution in [2.24, 2.45) is 16.3 Å². The van der Waals surface area contributed by atoms with E-state index in [9.17, 15) is 4.79 Å². The molecule has 0 aromatic rings. The number of piperazine rings is 1. The number of carbonyl (C=O) groups is 1. The van der Waals surface area contributed by atoms with Crippen molar-refractivity contribution in [3.8, 4) is 0 Å². The third kappa shape index (κ3) is 3.29. The maximum atomic E-state index is 12.6. The predicted molar refractivity (Wildman–Crippen MR) is 81.2 cm³/mol. The molecule has 0 radical (unpaired) electrons. The summed E-state index contributed by atoms with van der Waals surface area (Å²) < 4.78 is 0. The molecule has 2 fully saturated rings. The number of amides is 1. The molecular formula is C14H27N5O2. The fourth-order valence-electron chi connectivity index (χ4n) is 3.38. The first-order valence-corrected chi connectivity index (χ1v) is 7.64. The summed E-state index contributed by atoms with van der Waals surface area (Å²) in [5, 5.41) is 15.1. The number of hydrogen-bond donors (Lipinski definition) is 3. The topological polar surface area (TPSA) is 94.2 Å². The van der Waals surface area contributed by atoms with Crippen molar-refractivity contribution < 1.29 is 10.0 Å². The lowest BCUT2D eigenvalue weighted by molar-refractivity contribution is -0.127. The Hall–Kier alpha value is -1.34. The minimum Gasteiger partial charge on any atom is -0.409 e. The summed E-state index contributed by atoms with van der Waals surface area (Å²) in [6.07, 6.45) is 3.20. The van der Waals surface area contributed by atoms with Gasteiger partial charge in [0.1, 0.15) is 5.41 Å². The Balaban J connectivity index is 1.97. The number of amidine groups is 1. The van der Waals surface area contributed by atoms with Gasteiger partial charge >= 0.3 is 0 Å². The number of likely N-dealkylation sites (N-methyl/N-ethyl adjacent to an activating group) is 2. The molecule has 21 heavy (non-hydrogen) atoms. The second-order valence-corrected chi connectivity index (χ2v) is 6.38. The van der Waals surface area contributed by atoms with Gasteiger partial charge in [-0.15, -0.1) is 0 Å². The first-order valence-electron chi connectivity index (χ1n) is 7.64. The molecule has 1 saturated heterocycles. The number of rotatable bonds is 4. The number of carbonyl (C=O) groups excluding carboxylic acids is 1. The quantitative estimate of drug-likeness (QED) is 0.285. The van der Waals surface area contributed by atoms with Gasteiger partial charge in [0.05, 0.1) is 0 Å². The zero-order chi connectivity index (χ0) is 15.5. The smallest absolute Gasteiger partial charge is 0.234 e. The number of hydrogen-bond acceptors (Lipinski definition) is 5. The molecule has 120 valence electrons. The normalized spacial score (nSPS) is 27.7. The van der Waals surface area contributed by atoms with Crippen LogP contribution in [0.4, 0.5) is 0 Å². The van der Waals surface area contributed by atoms with Crippen LogP contribution in [0.25, 0.3) is 0 Å². The highest BCUT2D eigenvalue weighted by molar-refractivity contribution is 6.07. The van der Waals surface area contributed by atoms with Crippen LogP contribution in [0.2, 0.25) is 0 Å². The molecule has 1 aliphatic heterocycles. The van der Waals surface area contributed by atoms with Gasteiger partial charge in [0.25, 0.3) is 0 Å². The van der Waals surface area contributed by atoms with Crippen molar-refractivity contribution in [1.29, 1.82) is 0 Å². The van der Waals surface area contributed by atoms with Gasteiger partial charge in [-0.2, -0.15) is 0 Å². The molecule has 1 amide bonds. The van der Waals surface area contributed by atoms with Crippen LogP contribution >= 0.6 is 0 Å². The number of nitrogens with two attached hydrogens (primary N) is 1. The van der Waals surface area contributed by atoms with Crippen LogP contribution in [0.3, 0.4) is 0 Å². The van der Waals surface area contributed by atoms with E-state index >= 15 is 0 Å². The molecule has 7 nitrogen and oxygen atoms in total. The molecular weight excluding hydrogens is 270 g/mol. The Labute approximate surface area is 126 Å². The van der Waals surface area contributed by atoms with Crippen molar-refractivity contribution >= 4 is 11.7 Å². The van der Waals surface area contributed by atoms with Crippen LogP contribution < -0.4 is 11.1 Å². The van der Waals surface area contributed by atoms with Crippen LogP contribution in [0.15, 0.2) is 5.16 Å². The average Bonchev–Trinajstić information content (AvgIpc) is 2.98. The van der Waals surface area contributed by atoms with Crippen molar-refractivity contribution in [3.63, 3.8) is 0 Å². The first kappa shape index (κ1) is 16.0. The lowest BCUT2D eigenvalue weighted by Crippen LogP contribution is -2.56. The summed E-state index contributed by atoms with van der Waals surface area (Å²) in [5.41, 5.74) is 4.98. The lowest BCUT2D eigenvalue weighted by Gasteiger charge is -2.38. The Morgan fingerprint density at radius 2 is 2.05 bits per heavy atom. The third-order valence-electron chi connectivity index (χ3n) is 4.97. The zero-order valence-electron chi connectivity index (χ0n) is 13.0. The van der Waals surface area contributed by atoms with Gasteiger partial charge in [-0.05, 0) is 26.9 Å². The Kier molecular flexibility index (Phi) is 5.05. The summed E-state index contributed by atoms with van der Waals surface area (Å²) >= 11 is 0. The van der Waals surface area contributed by atoms with Gasteiger partial charge in [-0.25, -0.2) is 0 Å². The van der Waals surface area contributed by atoms with E-state index in [1.54, 1.807) is 0 Å². The summed E-state index contributed by atoms with van der Waals surface area (Å²) in [7, 11) is 4.18. The standard InChI is InChI=1S/C14H27N5O2/c1-18-7-8-19(2)11(10-18)9-16-13(20)14(12(15)17-21)5-3-4-6-14/h11,21H,3-10H2,1-2H3,(H2,15,17)(H,16,20). The molecule has 1 atom stereocenters. The molecule has 1 aliphatic carbocycles. The maximum absolute atomic E-state index is 12.6. The molecule has 0 aromatic carbocycles. The van der Waals surface area contributed by atoms with E-state index in [4.69, 9.17) is 10.9 Å². The minimum absolute atomic E-state index is 0.0478. The lowest BCUT2D eigenvalue weighted by atomic mass is 9.83. The van der Waals surface area contributed by atoms with Gasteiger partial charge in [-0.3, -0.25) is 9.69 Å². The maximum Gasteiger partial charge on any atom is 0.234 e. The van der Waals surface area contributed by atoms with E-state index in [1.807, 2.05) is 0 Å². The molecule has 0 spiro atoms. The molecule has 2 rings (SSSR count). The molecule has 0 bridgehead atoms. The van der Waals surface area contributed by atoms with Gasteiger partial charge in [0.2, 0.25) is 5.91 Å². The highest BCUT2D eigenvalue weighted by Gasteiger charge is 2.45. The van der Waals surface area contributed by atoms with Crippen molar-refractivity contribution in [2.45, 2.75) is 31.7 Å². The SMILES string of the molecule is CN1CCN(C)C(CNC(=O)C2(C(N)=NO)CCCC2)C1. The minimum atomic E-state index is -0.812. The number of nitrogens with one attached hydrogen (secondary N) is 1. The highest BCUT2D eigenvalue weighted by Crippen LogP contribution is 2.38. The van der Waals surface area contributed by atoms with E-state index in [2.05, 4.69) is 34.4 Å². The summed E-state index contributed by atoms with van der Waals surface area (Å²) in [4.78, 5) is 17.1. The number of oxime groups is 1. The highest BCUT2D eigenvalue weighted by atomic mass is 16.4. The molecule has 1 saturated carbocycles. The van der Waals surface area contributed by atoms with Gasteiger partial charge in [0.15, 0.2) is 5.84 Å². The predicted octanol–water partition coefficient (Wildman–Crippen LogP) is -0.345. The van der Waals surface area contributed by atoms with E-state index < -0.39 is 5.41 Å². The van der Waals surface area contributed by atoms with Crippen LogP contribution in [-0.4, -0.2) is 73.1 Å². The number of nitrogens with zero attached hydrogens (tertiary/aromatic N) is 3. The molecule has 1 heterocycles. The Morgan fingerprint density at radius 1 is 1.38 bits per heavy atom. The van der Waals surface area contributed by atoms with Crippen LogP contribution in [0.1, 0.15) is 25.7 Å². The Bertz CT molecular complexity index is 406. The van der Waals surface area contributed by atoms with Gasteiger partial charge < -0.3 is 21.2 Å². The third-order valence-corrected chi connectivity index (χ3v) is 4.97.